The van der Waals surface area contributed by atoms with E-state index in [0.717, 1.165) is 11.5 Å². The molecule has 0 bridgehead atoms. The van der Waals surface area contributed by atoms with Gasteiger partial charge in [0.1, 0.15) is 6.61 Å². The van der Waals surface area contributed by atoms with Gasteiger partial charge in [-0.05, 0) is 28.7 Å². The van der Waals surface area contributed by atoms with Crippen molar-refractivity contribution in [3.05, 3.63) is 35.9 Å². The second-order valence-corrected chi connectivity index (χ2v) is 7.77. The first kappa shape index (κ1) is 19.7. The van der Waals surface area contributed by atoms with Crippen LogP contribution in [0.15, 0.2) is 30.3 Å². The largest absolute Gasteiger partial charge is 0.463 e. The minimum Gasteiger partial charge on any atom is -0.463 e. The van der Waals surface area contributed by atoms with Crippen molar-refractivity contribution >= 4 is 6.47 Å². The number of carbonyl (C=O) groups is 1. The van der Waals surface area contributed by atoms with Gasteiger partial charge in [-0.1, -0.05) is 78.8 Å². The summed E-state index contributed by atoms with van der Waals surface area (Å²) < 4.78 is 4.54. The summed E-state index contributed by atoms with van der Waals surface area (Å²) in [7, 11) is 0. The van der Waals surface area contributed by atoms with Crippen molar-refractivity contribution in [3.63, 3.8) is 0 Å². The van der Waals surface area contributed by atoms with E-state index in [1.165, 1.54) is 6.42 Å². The molecule has 120 valence electrons. The van der Waals surface area contributed by atoms with Crippen molar-refractivity contribution in [2.75, 3.05) is 0 Å². The molecule has 2 heteroatoms. The molecule has 0 saturated heterocycles. The number of benzene rings is 1. The van der Waals surface area contributed by atoms with Gasteiger partial charge in [0.15, 0.2) is 0 Å². The lowest BCUT2D eigenvalue weighted by atomic mass is 9.70. The number of rotatable bonds is 5. The molecule has 0 aliphatic heterocycles. The molecule has 0 N–H and O–H groups in total. The lowest BCUT2D eigenvalue weighted by molar-refractivity contribution is -0.129. The van der Waals surface area contributed by atoms with E-state index < -0.39 is 0 Å². The third-order valence-electron chi connectivity index (χ3n) is 3.71. The summed E-state index contributed by atoms with van der Waals surface area (Å²) in [6, 6.07) is 9.55. The van der Waals surface area contributed by atoms with Crippen LogP contribution in [0.25, 0.3) is 0 Å². The van der Waals surface area contributed by atoms with Crippen molar-refractivity contribution in [1.29, 1.82) is 0 Å². The Morgan fingerprint density at radius 2 is 1.57 bits per heavy atom. The quantitative estimate of drug-likeness (QED) is 0.673. The Hall–Kier alpha value is -1.31. The van der Waals surface area contributed by atoms with E-state index in [1.54, 1.807) is 0 Å². The molecule has 21 heavy (non-hydrogen) atoms. The van der Waals surface area contributed by atoms with Gasteiger partial charge in [0, 0.05) is 0 Å². The van der Waals surface area contributed by atoms with E-state index in [0.29, 0.717) is 23.9 Å². The van der Waals surface area contributed by atoms with Crippen molar-refractivity contribution in [2.45, 2.75) is 61.5 Å². The first-order valence-electron chi connectivity index (χ1n) is 7.67. The van der Waals surface area contributed by atoms with Gasteiger partial charge in [0.2, 0.25) is 0 Å². The Kier molecular flexibility index (Phi) is 8.31. The Bertz CT molecular complexity index is 386. The molecule has 0 radical (unpaired) electrons. The van der Waals surface area contributed by atoms with Crippen LogP contribution in [0.3, 0.4) is 0 Å². The van der Waals surface area contributed by atoms with Crippen LogP contribution in [0.5, 0.6) is 0 Å². The fraction of sp³-hybridized carbons (Fsp3) is 0.632. The Balaban J connectivity index is 0.000000382. The average Bonchev–Trinajstić information content (AvgIpc) is 2.35. The summed E-state index contributed by atoms with van der Waals surface area (Å²) in [6.07, 6.45) is 1.30. The number of hydrogen-bond acceptors (Lipinski definition) is 2. The Labute approximate surface area is 130 Å². The van der Waals surface area contributed by atoms with Crippen molar-refractivity contribution in [1.82, 2.24) is 0 Å². The van der Waals surface area contributed by atoms with Crippen LogP contribution >= 0.6 is 0 Å². The lowest BCUT2D eigenvalue weighted by Gasteiger charge is -2.35. The normalized spacial score (nSPS) is 11.6. The number of hydrogen-bond donors (Lipinski definition) is 0. The maximum atomic E-state index is 9.76. The number of carbonyl (C=O) groups excluding carboxylic acids is 1. The van der Waals surface area contributed by atoms with Crippen molar-refractivity contribution < 1.29 is 9.53 Å². The van der Waals surface area contributed by atoms with Crippen LogP contribution in [0.1, 0.15) is 60.5 Å². The standard InChI is InChI=1S/C11H24.C8H8O2/c1-9(2)11(6,7)8-10(3,4)5;9-7-10-6-8-4-2-1-3-5-8/h9H,8H2,1-7H3;1-5,7H,6H2. The highest BCUT2D eigenvalue weighted by molar-refractivity contribution is 5.37. The zero-order chi connectivity index (χ0) is 16.5. The van der Waals surface area contributed by atoms with Crippen LogP contribution in [-0.2, 0) is 16.1 Å². The molecule has 1 rings (SSSR count). The SMILES string of the molecule is CC(C)C(C)(C)CC(C)(C)C.O=COCc1ccccc1. The highest BCUT2D eigenvalue weighted by atomic mass is 16.5. The summed E-state index contributed by atoms with van der Waals surface area (Å²) in [5.41, 5.74) is 1.96. The molecule has 0 amide bonds. The van der Waals surface area contributed by atoms with Crippen molar-refractivity contribution in [2.24, 2.45) is 16.7 Å². The Morgan fingerprint density at radius 3 is 1.90 bits per heavy atom. The Morgan fingerprint density at radius 1 is 1.05 bits per heavy atom. The number of ether oxygens (including phenoxy) is 1. The van der Waals surface area contributed by atoms with E-state index >= 15 is 0 Å². The fourth-order valence-electron chi connectivity index (χ4n) is 2.28. The first-order chi connectivity index (χ1) is 9.58. The molecule has 0 aliphatic rings. The molecule has 0 spiro atoms. The maximum Gasteiger partial charge on any atom is 0.293 e. The second-order valence-electron chi connectivity index (χ2n) is 7.77. The van der Waals surface area contributed by atoms with Gasteiger partial charge in [-0.25, -0.2) is 0 Å². The molecule has 1 aromatic rings. The molecule has 0 fully saturated rings. The summed E-state index contributed by atoms with van der Waals surface area (Å²) in [5, 5.41) is 0. The van der Waals surface area contributed by atoms with E-state index in [-0.39, 0.29) is 0 Å². The topological polar surface area (TPSA) is 26.3 Å². The smallest absolute Gasteiger partial charge is 0.293 e. The lowest BCUT2D eigenvalue weighted by Crippen LogP contribution is -2.25. The van der Waals surface area contributed by atoms with Crippen LogP contribution in [0.4, 0.5) is 0 Å². The summed E-state index contributed by atoms with van der Waals surface area (Å²) in [6.45, 7) is 17.1. The molecule has 0 atom stereocenters. The fourth-order valence-corrected chi connectivity index (χ4v) is 2.28. The molecule has 0 aromatic heterocycles. The molecule has 1 aromatic carbocycles. The van der Waals surface area contributed by atoms with Crippen LogP contribution in [0.2, 0.25) is 0 Å². The summed E-state index contributed by atoms with van der Waals surface area (Å²) in [5.74, 6) is 0.779. The van der Waals surface area contributed by atoms with E-state index in [9.17, 15) is 4.79 Å². The third kappa shape index (κ3) is 10.1. The molecule has 0 aliphatic carbocycles. The van der Waals surface area contributed by atoms with Crippen LogP contribution in [0, 0.1) is 16.7 Å². The zero-order valence-corrected chi connectivity index (χ0v) is 14.8. The van der Waals surface area contributed by atoms with Gasteiger partial charge in [0.05, 0.1) is 0 Å². The second kappa shape index (κ2) is 8.86. The third-order valence-corrected chi connectivity index (χ3v) is 3.71. The van der Waals surface area contributed by atoms with E-state index in [1.807, 2.05) is 30.3 Å². The first-order valence-corrected chi connectivity index (χ1v) is 7.67. The van der Waals surface area contributed by atoms with E-state index in [4.69, 9.17) is 0 Å². The average molecular weight is 292 g/mol. The molecule has 0 saturated carbocycles. The minimum atomic E-state index is 0.365. The summed E-state index contributed by atoms with van der Waals surface area (Å²) in [4.78, 5) is 9.76. The van der Waals surface area contributed by atoms with Crippen LogP contribution < -0.4 is 0 Å². The molecule has 0 heterocycles. The maximum absolute atomic E-state index is 9.76. The van der Waals surface area contributed by atoms with Gasteiger partial charge in [-0.15, -0.1) is 0 Å². The molecule has 2 nitrogen and oxygen atoms in total. The monoisotopic (exact) mass is 292 g/mol. The predicted molar refractivity (Wildman–Crippen MR) is 90.0 cm³/mol. The van der Waals surface area contributed by atoms with Crippen LogP contribution in [-0.4, -0.2) is 6.47 Å². The summed E-state index contributed by atoms with van der Waals surface area (Å²) >= 11 is 0. The van der Waals surface area contributed by atoms with E-state index in [2.05, 4.69) is 53.2 Å². The zero-order valence-electron chi connectivity index (χ0n) is 14.8. The van der Waals surface area contributed by atoms with Gasteiger partial charge >= 0.3 is 0 Å². The predicted octanol–water partition coefficient (Wildman–Crippen LogP) is 5.46. The van der Waals surface area contributed by atoms with Gasteiger partial charge in [0.25, 0.3) is 6.47 Å². The highest BCUT2D eigenvalue weighted by Gasteiger charge is 2.27. The van der Waals surface area contributed by atoms with Crippen molar-refractivity contribution in [3.8, 4) is 0 Å². The minimum absolute atomic E-state index is 0.365. The highest BCUT2D eigenvalue weighted by Crippen LogP contribution is 2.38. The molecular weight excluding hydrogens is 260 g/mol. The molecular formula is C19H32O2. The van der Waals surface area contributed by atoms with Gasteiger partial charge in [-0.3, -0.25) is 4.79 Å². The molecule has 0 unspecified atom stereocenters. The van der Waals surface area contributed by atoms with Gasteiger partial charge < -0.3 is 4.74 Å². The van der Waals surface area contributed by atoms with Gasteiger partial charge in [-0.2, -0.15) is 0 Å².